The first kappa shape index (κ1) is 13.5. The van der Waals surface area contributed by atoms with Crippen LogP contribution in [0.5, 0.6) is 0 Å². The maximum atomic E-state index is 14.0. The molecule has 0 saturated heterocycles. The largest absolute Gasteiger partial charge is 0.460 e. The Morgan fingerprint density at radius 3 is 2.43 bits per heavy atom. The summed E-state index contributed by atoms with van der Waals surface area (Å²) in [7, 11) is 0. The molecule has 1 heterocycles. The van der Waals surface area contributed by atoms with Gasteiger partial charge in [-0.2, -0.15) is 0 Å². The summed E-state index contributed by atoms with van der Waals surface area (Å²) in [6, 6.07) is 10.1. The fourth-order valence-corrected chi connectivity index (χ4v) is 2.43. The van der Waals surface area contributed by atoms with Gasteiger partial charge in [0, 0.05) is 12.0 Å². The molecule has 2 nitrogen and oxygen atoms in total. The van der Waals surface area contributed by atoms with Crippen molar-refractivity contribution < 1.29 is 13.2 Å². The minimum atomic E-state index is -0.665. The average molecular weight is 286 g/mol. The van der Waals surface area contributed by atoms with Gasteiger partial charge in [0.25, 0.3) is 0 Å². The molecule has 0 aliphatic carbocycles. The fraction of sp³-hybridized carbons (Fsp3) is 0.118. The number of fused-ring (bicyclic) bond motifs is 1. The first-order chi connectivity index (χ1) is 10.1. The molecule has 0 aliphatic heterocycles. The fourth-order valence-electron chi connectivity index (χ4n) is 2.43. The minimum absolute atomic E-state index is 0.0909. The summed E-state index contributed by atoms with van der Waals surface area (Å²) >= 11 is 0. The lowest BCUT2D eigenvalue weighted by Crippen LogP contribution is -2.11. The number of aryl methyl sites for hydroxylation is 1. The highest BCUT2D eigenvalue weighted by Crippen LogP contribution is 2.27. The van der Waals surface area contributed by atoms with Gasteiger partial charge >= 0.3 is 0 Å². The summed E-state index contributed by atoms with van der Waals surface area (Å²) in [6.45, 7) is 1.80. The van der Waals surface area contributed by atoms with Crippen LogP contribution in [-0.2, 0) is 6.42 Å². The molecule has 0 fully saturated rings. The van der Waals surface area contributed by atoms with E-state index in [1.165, 1.54) is 36.4 Å². The van der Waals surface area contributed by atoms with Crippen molar-refractivity contribution in [1.82, 2.24) is 0 Å². The number of hydrogen-bond donors (Lipinski definition) is 0. The molecular formula is C17H12F2O2. The number of hydrogen-bond acceptors (Lipinski definition) is 2. The van der Waals surface area contributed by atoms with Gasteiger partial charge in [-0.3, -0.25) is 4.79 Å². The summed E-state index contributed by atoms with van der Waals surface area (Å²) in [5, 5.41) is -0.145. The van der Waals surface area contributed by atoms with Crippen LogP contribution >= 0.6 is 0 Å². The number of benzene rings is 2. The lowest BCUT2D eigenvalue weighted by molar-refractivity contribution is 0.540. The van der Waals surface area contributed by atoms with Gasteiger partial charge in [-0.05, 0) is 18.2 Å². The predicted octanol–water partition coefficient (Wildman–Crippen LogP) is 4.30. The number of rotatable bonds is 2. The van der Waals surface area contributed by atoms with E-state index in [9.17, 15) is 13.6 Å². The molecule has 0 radical (unpaired) electrons. The van der Waals surface area contributed by atoms with E-state index >= 15 is 0 Å². The van der Waals surface area contributed by atoms with Crippen LogP contribution in [0.1, 0.15) is 12.7 Å². The molecule has 3 aromatic rings. The Kier molecular flexibility index (Phi) is 3.29. The molecule has 0 bridgehead atoms. The molecule has 0 amide bonds. The summed E-state index contributed by atoms with van der Waals surface area (Å²) < 4.78 is 33.5. The molecule has 0 aliphatic rings. The maximum Gasteiger partial charge on any atom is 0.203 e. The van der Waals surface area contributed by atoms with Gasteiger partial charge in [0.05, 0.1) is 5.56 Å². The molecule has 4 heteroatoms. The summed E-state index contributed by atoms with van der Waals surface area (Å²) in [5.74, 6) is -0.847. The average Bonchev–Trinajstić information content (AvgIpc) is 2.48. The van der Waals surface area contributed by atoms with Crippen molar-refractivity contribution in [2.45, 2.75) is 13.3 Å². The molecule has 1 aromatic heterocycles. The van der Waals surface area contributed by atoms with E-state index in [-0.39, 0.29) is 22.1 Å². The zero-order valence-electron chi connectivity index (χ0n) is 11.3. The Morgan fingerprint density at radius 1 is 1.00 bits per heavy atom. The maximum absolute atomic E-state index is 14.0. The van der Waals surface area contributed by atoms with Crippen LogP contribution in [-0.4, -0.2) is 0 Å². The van der Waals surface area contributed by atoms with Crippen molar-refractivity contribution in [3.8, 4) is 11.1 Å². The SMILES string of the molecule is CCc1oc2cccc(F)c2c(=O)c1-c1ccccc1F. The third-order valence-corrected chi connectivity index (χ3v) is 3.41. The minimum Gasteiger partial charge on any atom is -0.460 e. The van der Waals surface area contributed by atoms with Crippen LogP contribution in [0.25, 0.3) is 22.1 Å². The van der Waals surface area contributed by atoms with E-state index in [1.807, 2.05) is 0 Å². The molecule has 0 spiro atoms. The molecule has 21 heavy (non-hydrogen) atoms. The van der Waals surface area contributed by atoms with Crippen LogP contribution in [0.4, 0.5) is 8.78 Å². The second kappa shape index (κ2) is 5.13. The van der Waals surface area contributed by atoms with Gasteiger partial charge in [0.1, 0.15) is 28.4 Å². The summed E-state index contributed by atoms with van der Waals surface area (Å²) in [4.78, 5) is 12.6. The Morgan fingerprint density at radius 2 is 1.71 bits per heavy atom. The Hall–Kier alpha value is -2.49. The molecular weight excluding hydrogens is 274 g/mol. The van der Waals surface area contributed by atoms with Gasteiger partial charge in [0.2, 0.25) is 5.43 Å². The van der Waals surface area contributed by atoms with Crippen molar-refractivity contribution in [3.05, 3.63) is 70.1 Å². The van der Waals surface area contributed by atoms with E-state index in [2.05, 4.69) is 0 Å². The Bertz CT molecular complexity index is 882. The van der Waals surface area contributed by atoms with E-state index in [4.69, 9.17) is 4.42 Å². The van der Waals surface area contributed by atoms with Gasteiger partial charge in [0.15, 0.2) is 0 Å². The zero-order chi connectivity index (χ0) is 15.0. The highest BCUT2D eigenvalue weighted by molar-refractivity contribution is 5.83. The monoisotopic (exact) mass is 286 g/mol. The highest BCUT2D eigenvalue weighted by Gasteiger charge is 2.19. The van der Waals surface area contributed by atoms with Crippen molar-refractivity contribution >= 4 is 11.0 Å². The van der Waals surface area contributed by atoms with Gasteiger partial charge in [-0.1, -0.05) is 31.2 Å². The van der Waals surface area contributed by atoms with E-state index < -0.39 is 17.1 Å². The van der Waals surface area contributed by atoms with Crippen molar-refractivity contribution in [1.29, 1.82) is 0 Å². The van der Waals surface area contributed by atoms with Crippen LogP contribution in [0.15, 0.2) is 51.7 Å². The van der Waals surface area contributed by atoms with Crippen LogP contribution in [0.3, 0.4) is 0 Å². The topological polar surface area (TPSA) is 30.2 Å². The smallest absolute Gasteiger partial charge is 0.203 e. The molecule has 106 valence electrons. The van der Waals surface area contributed by atoms with Crippen LogP contribution < -0.4 is 5.43 Å². The molecule has 0 atom stereocenters. The van der Waals surface area contributed by atoms with Gasteiger partial charge in [-0.15, -0.1) is 0 Å². The first-order valence-corrected chi connectivity index (χ1v) is 6.62. The van der Waals surface area contributed by atoms with Crippen molar-refractivity contribution in [3.63, 3.8) is 0 Å². The van der Waals surface area contributed by atoms with E-state index in [1.54, 1.807) is 13.0 Å². The third kappa shape index (κ3) is 2.13. The normalized spacial score (nSPS) is 11.0. The van der Waals surface area contributed by atoms with Crippen LogP contribution in [0, 0.1) is 11.6 Å². The molecule has 0 N–H and O–H groups in total. The molecule has 0 saturated carbocycles. The molecule has 3 rings (SSSR count). The lowest BCUT2D eigenvalue weighted by atomic mass is 10.0. The van der Waals surface area contributed by atoms with E-state index in [0.717, 1.165) is 0 Å². The number of halogens is 2. The van der Waals surface area contributed by atoms with Crippen LogP contribution in [0.2, 0.25) is 0 Å². The lowest BCUT2D eigenvalue weighted by Gasteiger charge is -2.09. The Balaban J connectivity index is 2.48. The molecule has 0 unspecified atom stereocenters. The first-order valence-electron chi connectivity index (χ1n) is 6.62. The predicted molar refractivity (Wildman–Crippen MR) is 77.2 cm³/mol. The van der Waals surface area contributed by atoms with Gasteiger partial charge in [-0.25, -0.2) is 8.78 Å². The standard InChI is InChI=1S/C17H12F2O2/c1-2-13-15(10-6-3-4-7-11(10)18)17(20)16-12(19)8-5-9-14(16)21-13/h3-9H,2H2,1H3. The second-order valence-corrected chi connectivity index (χ2v) is 4.68. The highest BCUT2D eigenvalue weighted by atomic mass is 19.1. The Labute approximate surface area is 119 Å². The van der Waals surface area contributed by atoms with Crippen molar-refractivity contribution in [2.24, 2.45) is 0 Å². The van der Waals surface area contributed by atoms with Crippen molar-refractivity contribution in [2.75, 3.05) is 0 Å². The van der Waals surface area contributed by atoms with E-state index in [0.29, 0.717) is 12.2 Å². The quantitative estimate of drug-likeness (QED) is 0.703. The molecule has 2 aromatic carbocycles. The summed E-state index contributed by atoms with van der Waals surface area (Å²) in [6.07, 6.45) is 0.408. The zero-order valence-corrected chi connectivity index (χ0v) is 11.3. The second-order valence-electron chi connectivity index (χ2n) is 4.68. The third-order valence-electron chi connectivity index (χ3n) is 3.41. The van der Waals surface area contributed by atoms with Gasteiger partial charge < -0.3 is 4.42 Å². The summed E-state index contributed by atoms with van der Waals surface area (Å²) in [5.41, 5.74) is -0.144.